The second kappa shape index (κ2) is 46.7. The van der Waals surface area contributed by atoms with Crippen LogP contribution in [-0.2, 0) is 59.1 Å². The van der Waals surface area contributed by atoms with Crippen LogP contribution in [0.1, 0.15) is 256 Å². The van der Waals surface area contributed by atoms with Crippen molar-refractivity contribution in [2.45, 2.75) is 265 Å². The molecule has 3 aromatic rings. The minimum atomic E-state index is -2.61. The van der Waals surface area contributed by atoms with Crippen LogP contribution >= 0.6 is 0 Å². The highest BCUT2D eigenvalue weighted by Gasteiger charge is 2.22. The molecule has 0 spiro atoms. The van der Waals surface area contributed by atoms with E-state index in [0.29, 0.717) is 48.9 Å². The molecule has 0 aliphatic carbocycles. The number of thiol groups is 1. The number of amides is 2. The van der Waals surface area contributed by atoms with E-state index in [1.807, 2.05) is 19.1 Å². The van der Waals surface area contributed by atoms with E-state index in [4.69, 9.17) is 27.0 Å². The number of oxazole rings is 1. The fourth-order valence-electron chi connectivity index (χ4n) is 9.78. The van der Waals surface area contributed by atoms with E-state index in [1.165, 1.54) is 158 Å². The number of fused-ring (bicyclic) bond motifs is 1. The third-order valence-corrected chi connectivity index (χ3v) is 15.4. The van der Waals surface area contributed by atoms with Gasteiger partial charge in [-0.15, -0.1) is 8.37 Å². The van der Waals surface area contributed by atoms with Gasteiger partial charge in [0, 0.05) is 32.4 Å². The Morgan fingerprint density at radius 2 is 1.09 bits per heavy atom. The first-order valence-corrected chi connectivity index (χ1v) is 32.7. The molecule has 3 rings (SSSR count). The van der Waals surface area contributed by atoms with Crippen LogP contribution in [0.5, 0.6) is 11.5 Å². The molecule has 81 heavy (non-hydrogen) atoms. The van der Waals surface area contributed by atoms with Gasteiger partial charge in [0.1, 0.15) is 19.8 Å². The standard InChI is InChI=1S/C64H105N3O13S/c1-4-6-8-10-12-14-16-18-20-22-24-26-28-30-34-38-62(71)76-50-55(79-63(72)39-35-31-29-27-25-23-21-19-17-15-13-11-9-7-5-2)51-78-81(74)77-46-45-66-60(69)37-33-32-36-44-65-61(70)52-75-59-43-41-54(48-57(59)68)49-67-56-47-53(3)40-42-58(56)80-64(67)73/h40-43,47-48,55,68H,4-39,44-46,49-52H2,1-3H3,(H,65,70)(H,66,69)/p+1. The number of aryl methyl sites for hydroxylation is 1. The number of ether oxygens (including phenoxy) is 3. The number of hydrogen-bond acceptors (Lipinski definition) is 13. The zero-order chi connectivity index (χ0) is 58.4. The number of aromatic nitrogens is 1. The van der Waals surface area contributed by atoms with Crippen LogP contribution in [0.3, 0.4) is 0 Å². The summed E-state index contributed by atoms with van der Waals surface area (Å²) in [6.07, 6.45) is 38.7. The van der Waals surface area contributed by atoms with Gasteiger partial charge in [0.05, 0.1) is 12.1 Å². The highest BCUT2D eigenvalue weighted by molar-refractivity contribution is 7.75. The maximum absolute atomic E-state index is 12.9. The lowest BCUT2D eigenvalue weighted by molar-refractivity contribution is -0.161. The van der Waals surface area contributed by atoms with Gasteiger partial charge in [-0.3, -0.25) is 23.7 Å². The molecule has 16 nitrogen and oxygen atoms in total. The molecule has 0 aliphatic rings. The molecule has 2 unspecified atom stereocenters. The van der Waals surface area contributed by atoms with Crippen molar-refractivity contribution in [1.29, 1.82) is 0 Å². The summed E-state index contributed by atoms with van der Waals surface area (Å²) in [6, 6.07) is 10.2. The third kappa shape index (κ3) is 35.8. The Hall–Kier alpha value is -4.74. The van der Waals surface area contributed by atoms with Gasteiger partial charge in [0.15, 0.2) is 29.8 Å². The van der Waals surface area contributed by atoms with Crippen LogP contribution in [0, 0.1) is 6.92 Å². The number of phenolic OH excluding ortho intramolecular Hbond substituents is 1. The number of nitrogens with one attached hydrogen (secondary N) is 2. The Kier molecular flexibility index (Phi) is 40.7. The highest BCUT2D eigenvalue weighted by atomic mass is 32.2. The van der Waals surface area contributed by atoms with E-state index in [0.717, 1.165) is 44.1 Å². The van der Waals surface area contributed by atoms with E-state index < -0.39 is 29.2 Å². The average molecular weight is 1160 g/mol. The predicted molar refractivity (Wildman–Crippen MR) is 324 cm³/mol. The topological polar surface area (TPSA) is 211 Å². The van der Waals surface area contributed by atoms with Crippen molar-refractivity contribution >= 4 is 46.2 Å². The van der Waals surface area contributed by atoms with E-state index in [2.05, 4.69) is 24.5 Å². The van der Waals surface area contributed by atoms with Gasteiger partial charge in [-0.2, -0.15) is 0 Å². The number of carbonyl (C=O) groups is 4. The molecule has 0 saturated carbocycles. The molecule has 1 aromatic heterocycles. The lowest BCUT2D eigenvalue weighted by atomic mass is 10.0. The number of nitrogens with zero attached hydrogens (tertiary/aromatic N) is 1. The Morgan fingerprint density at radius 3 is 1.64 bits per heavy atom. The van der Waals surface area contributed by atoms with Crippen molar-refractivity contribution < 1.29 is 55.5 Å². The fourth-order valence-corrected chi connectivity index (χ4v) is 10.4. The molecule has 0 aliphatic heterocycles. The minimum absolute atomic E-state index is 0.0708. The summed E-state index contributed by atoms with van der Waals surface area (Å²) in [6.45, 7) is 6.24. The minimum Gasteiger partial charge on any atom is -0.504 e. The number of esters is 2. The zero-order valence-electron chi connectivity index (χ0n) is 50.2. The van der Waals surface area contributed by atoms with E-state index in [9.17, 15) is 33.3 Å². The molecular formula is C64H106N3O13S+. The molecule has 2 atom stereocenters. The maximum Gasteiger partial charge on any atom is 0.420 e. The Morgan fingerprint density at radius 1 is 0.580 bits per heavy atom. The first kappa shape index (κ1) is 70.5. The second-order valence-corrected chi connectivity index (χ2v) is 23.0. The number of phenols is 1. The Balaban J connectivity index is 1.25. The molecule has 0 bridgehead atoms. The number of benzene rings is 2. The van der Waals surface area contributed by atoms with Crippen LogP contribution < -0.4 is 21.1 Å². The van der Waals surface area contributed by atoms with Gasteiger partial charge in [-0.25, -0.2) is 4.79 Å². The van der Waals surface area contributed by atoms with E-state index in [-0.39, 0.29) is 88.1 Å². The summed E-state index contributed by atoms with van der Waals surface area (Å²) in [4.78, 5) is 62.9. The first-order valence-electron chi connectivity index (χ1n) is 31.6. The normalized spacial score (nSPS) is 12.1. The van der Waals surface area contributed by atoms with Crippen LogP contribution in [0.25, 0.3) is 11.1 Å². The molecule has 2 amide bonds. The lowest BCUT2D eigenvalue weighted by Crippen LogP contribution is -2.31. The van der Waals surface area contributed by atoms with Gasteiger partial charge in [-0.05, 0) is 72.2 Å². The van der Waals surface area contributed by atoms with Crippen LogP contribution in [0.2, 0.25) is 0 Å². The lowest BCUT2D eigenvalue weighted by Gasteiger charge is -2.16. The Labute approximate surface area is 488 Å². The fraction of sp³-hybridized carbons (Fsp3) is 0.734. The smallest absolute Gasteiger partial charge is 0.420 e. The zero-order valence-corrected chi connectivity index (χ0v) is 51.1. The quantitative estimate of drug-likeness (QED) is 0.0208. The summed E-state index contributed by atoms with van der Waals surface area (Å²) >= 11 is -2.61. The van der Waals surface area contributed by atoms with Crippen molar-refractivity contribution in [3.63, 3.8) is 0 Å². The molecule has 17 heteroatoms. The monoisotopic (exact) mass is 1160 g/mol. The average Bonchev–Trinajstić information content (AvgIpc) is 3.91. The van der Waals surface area contributed by atoms with Crippen LogP contribution in [-0.4, -0.2) is 79.0 Å². The van der Waals surface area contributed by atoms with Gasteiger partial charge in [-0.1, -0.05) is 212 Å². The summed E-state index contributed by atoms with van der Waals surface area (Å²) in [5.41, 5.74) is 2.77. The summed E-state index contributed by atoms with van der Waals surface area (Å²) in [5.74, 6) is -1.88. The van der Waals surface area contributed by atoms with Gasteiger partial charge in [0.25, 0.3) is 5.91 Å². The number of unbranched alkanes of at least 4 members (excludes halogenated alkanes) is 30. The molecule has 460 valence electrons. The van der Waals surface area contributed by atoms with Gasteiger partial charge >= 0.3 is 29.1 Å². The Bertz CT molecular complexity index is 2230. The van der Waals surface area contributed by atoms with Crippen molar-refractivity contribution in [3.05, 3.63) is 58.1 Å². The van der Waals surface area contributed by atoms with Crippen molar-refractivity contribution in [1.82, 2.24) is 15.2 Å². The highest BCUT2D eigenvalue weighted by Crippen LogP contribution is 2.28. The number of rotatable bonds is 53. The van der Waals surface area contributed by atoms with Crippen LogP contribution in [0.15, 0.2) is 45.6 Å². The van der Waals surface area contributed by atoms with E-state index >= 15 is 0 Å². The van der Waals surface area contributed by atoms with Gasteiger partial charge < -0.3 is 34.4 Å². The van der Waals surface area contributed by atoms with Gasteiger partial charge in [0.2, 0.25) is 5.91 Å². The van der Waals surface area contributed by atoms with Crippen molar-refractivity contribution in [2.75, 3.05) is 39.5 Å². The van der Waals surface area contributed by atoms with Crippen molar-refractivity contribution in [3.8, 4) is 11.5 Å². The predicted octanol–water partition coefficient (Wildman–Crippen LogP) is 14.4. The number of carbonyl (C=O) groups excluding carboxylic acids is 4. The molecule has 0 radical (unpaired) electrons. The van der Waals surface area contributed by atoms with Crippen LogP contribution in [0.4, 0.5) is 0 Å². The first-order chi connectivity index (χ1) is 39.5. The molecule has 0 saturated heterocycles. The molecule has 1 heterocycles. The largest absolute Gasteiger partial charge is 0.504 e. The molecule has 0 fully saturated rings. The molecule has 3 N–H and O–H groups in total. The number of aromatic hydroxyl groups is 1. The number of hydrogen-bond donors (Lipinski definition) is 3. The van der Waals surface area contributed by atoms with Crippen molar-refractivity contribution in [2.24, 2.45) is 0 Å². The third-order valence-electron chi connectivity index (χ3n) is 14.6. The summed E-state index contributed by atoms with van der Waals surface area (Å²) in [7, 11) is 0. The second-order valence-electron chi connectivity index (χ2n) is 22.1. The SMILES string of the molecule is CCCCCCCCCCCCCCCCCC(=O)OCC(CO[SH+](=O)OCCNC(=O)CCCCCNC(=O)COc1ccc(Cn2c(=O)oc3ccc(C)cc32)cc1O)OC(=O)CCCCCCCCCCCCCCCCC. The van der Waals surface area contributed by atoms with E-state index in [1.54, 1.807) is 18.2 Å². The molecular weight excluding hydrogens is 1050 g/mol. The maximum atomic E-state index is 12.9. The summed E-state index contributed by atoms with van der Waals surface area (Å²) in [5, 5.41) is 16.1. The summed E-state index contributed by atoms with van der Waals surface area (Å²) < 4.78 is 46.9. The molecule has 2 aromatic carbocycles.